The average molecular weight is 422 g/mol. The van der Waals surface area contributed by atoms with Crippen LogP contribution in [0.4, 0.5) is 0 Å². The number of rotatable bonds is 9. The zero-order chi connectivity index (χ0) is 22.4. The van der Waals surface area contributed by atoms with E-state index in [0.717, 1.165) is 42.0 Å². The van der Waals surface area contributed by atoms with Crippen LogP contribution >= 0.6 is 0 Å². The van der Waals surface area contributed by atoms with Crippen LogP contribution in [-0.2, 0) is 23.2 Å². The summed E-state index contributed by atoms with van der Waals surface area (Å²) < 4.78 is 8.27. The van der Waals surface area contributed by atoms with Gasteiger partial charge in [-0.2, -0.15) is 0 Å². The van der Waals surface area contributed by atoms with Crippen molar-refractivity contribution in [2.75, 3.05) is 13.2 Å². The largest absolute Gasteiger partial charge is 0.492 e. The molecule has 0 atom stereocenters. The van der Waals surface area contributed by atoms with E-state index in [9.17, 15) is 4.79 Å². The predicted octanol–water partition coefficient (Wildman–Crippen LogP) is 5.12. The molecule has 1 heterocycles. The van der Waals surface area contributed by atoms with Crippen LogP contribution < -0.4 is 10.1 Å². The van der Waals surface area contributed by atoms with Crippen molar-refractivity contribution in [1.82, 2.24) is 14.9 Å². The van der Waals surface area contributed by atoms with E-state index in [1.54, 1.807) is 0 Å². The first-order valence-corrected chi connectivity index (χ1v) is 11.2. The Bertz CT molecular complexity index is 998. The molecule has 166 valence electrons. The molecule has 0 saturated heterocycles. The maximum absolute atomic E-state index is 11.8. The molecular formula is C26H35N3O2. The molecule has 3 aromatic rings. The van der Waals surface area contributed by atoms with Gasteiger partial charge in [-0.15, -0.1) is 0 Å². The molecular weight excluding hydrogens is 386 g/mol. The second-order valence-corrected chi connectivity index (χ2v) is 9.34. The van der Waals surface area contributed by atoms with Crippen LogP contribution in [0.15, 0.2) is 48.5 Å². The fraction of sp³-hybridized carbons (Fsp3) is 0.462. The summed E-state index contributed by atoms with van der Waals surface area (Å²) in [6.45, 7) is 12.4. The molecule has 0 aliphatic heterocycles. The molecule has 0 aliphatic carbocycles. The minimum atomic E-state index is 0.0131. The molecule has 5 heteroatoms. The number of hydrogen-bond acceptors (Lipinski definition) is 3. The smallest absolute Gasteiger partial charge is 0.222 e. The second-order valence-electron chi connectivity index (χ2n) is 9.34. The highest BCUT2D eigenvalue weighted by molar-refractivity contribution is 5.77. The molecule has 3 rings (SSSR count). The van der Waals surface area contributed by atoms with Crippen molar-refractivity contribution in [2.45, 2.75) is 59.4 Å². The summed E-state index contributed by atoms with van der Waals surface area (Å²) >= 11 is 0. The van der Waals surface area contributed by atoms with Crippen molar-refractivity contribution in [2.24, 2.45) is 5.92 Å². The van der Waals surface area contributed by atoms with Gasteiger partial charge in [-0.3, -0.25) is 4.79 Å². The topological polar surface area (TPSA) is 56.2 Å². The van der Waals surface area contributed by atoms with Crippen LogP contribution in [0.25, 0.3) is 11.0 Å². The number of imidazole rings is 1. The number of ether oxygens (including phenoxy) is 1. The number of carbonyl (C=O) groups is 1. The third kappa shape index (κ3) is 6.09. The first kappa shape index (κ1) is 22.9. The van der Waals surface area contributed by atoms with Crippen molar-refractivity contribution >= 4 is 16.9 Å². The Hall–Kier alpha value is -2.82. The van der Waals surface area contributed by atoms with Gasteiger partial charge in [-0.25, -0.2) is 4.98 Å². The molecule has 0 spiro atoms. The van der Waals surface area contributed by atoms with Crippen molar-refractivity contribution in [3.63, 3.8) is 0 Å². The molecule has 1 aromatic heterocycles. The van der Waals surface area contributed by atoms with Crippen LogP contribution in [0.5, 0.6) is 5.75 Å². The number of carbonyl (C=O) groups excluding carboxylic acids is 1. The number of para-hydroxylation sites is 2. The Morgan fingerprint density at radius 3 is 2.48 bits per heavy atom. The number of nitrogens with zero attached hydrogens (tertiary/aromatic N) is 2. The van der Waals surface area contributed by atoms with Crippen LogP contribution in [0.2, 0.25) is 0 Å². The van der Waals surface area contributed by atoms with Crippen molar-refractivity contribution in [3.8, 4) is 5.75 Å². The minimum Gasteiger partial charge on any atom is -0.492 e. The molecule has 0 fully saturated rings. The maximum Gasteiger partial charge on any atom is 0.222 e. The van der Waals surface area contributed by atoms with E-state index < -0.39 is 0 Å². The molecule has 0 radical (unpaired) electrons. The summed E-state index contributed by atoms with van der Waals surface area (Å²) in [4.78, 5) is 16.6. The molecule has 2 aromatic carbocycles. The van der Waals surface area contributed by atoms with Crippen LogP contribution in [0, 0.1) is 5.92 Å². The van der Waals surface area contributed by atoms with Crippen LogP contribution in [0.1, 0.15) is 52.4 Å². The Morgan fingerprint density at radius 1 is 1.10 bits per heavy atom. The predicted molar refractivity (Wildman–Crippen MR) is 127 cm³/mol. The number of hydrogen-bond donors (Lipinski definition) is 1. The SMILES string of the molecule is CC(C)C(=O)NCCCc1nc2ccccc2n1CCOc1ccc(C(C)(C)C)cc1. The van der Waals surface area contributed by atoms with E-state index in [1.165, 1.54) is 5.56 Å². The number of amides is 1. The van der Waals surface area contributed by atoms with E-state index in [1.807, 2.05) is 44.2 Å². The van der Waals surface area contributed by atoms with Crippen molar-refractivity contribution < 1.29 is 9.53 Å². The third-order valence-corrected chi connectivity index (χ3v) is 5.44. The summed E-state index contributed by atoms with van der Waals surface area (Å²) in [5, 5.41) is 2.98. The van der Waals surface area contributed by atoms with Gasteiger partial charge in [0.05, 0.1) is 17.6 Å². The van der Waals surface area contributed by atoms with Gasteiger partial charge in [0.2, 0.25) is 5.91 Å². The quantitative estimate of drug-likeness (QED) is 0.488. The Balaban J connectivity index is 1.62. The van der Waals surface area contributed by atoms with Gasteiger partial charge in [-0.1, -0.05) is 58.9 Å². The highest BCUT2D eigenvalue weighted by atomic mass is 16.5. The molecule has 0 saturated carbocycles. The van der Waals surface area contributed by atoms with E-state index in [0.29, 0.717) is 13.2 Å². The lowest BCUT2D eigenvalue weighted by atomic mass is 9.87. The van der Waals surface area contributed by atoms with Gasteiger partial charge in [0.15, 0.2) is 0 Å². The van der Waals surface area contributed by atoms with E-state index in [-0.39, 0.29) is 17.2 Å². The fourth-order valence-corrected chi connectivity index (χ4v) is 3.53. The molecule has 0 unspecified atom stereocenters. The Labute approximate surface area is 185 Å². The first-order valence-electron chi connectivity index (χ1n) is 11.2. The fourth-order valence-electron chi connectivity index (χ4n) is 3.53. The highest BCUT2D eigenvalue weighted by Crippen LogP contribution is 2.24. The molecule has 5 nitrogen and oxygen atoms in total. The summed E-state index contributed by atoms with van der Waals surface area (Å²) in [6, 6.07) is 16.6. The summed E-state index contributed by atoms with van der Waals surface area (Å²) in [7, 11) is 0. The van der Waals surface area contributed by atoms with Gasteiger partial charge >= 0.3 is 0 Å². The Morgan fingerprint density at radius 2 is 1.81 bits per heavy atom. The normalized spacial score (nSPS) is 11.8. The van der Waals surface area contributed by atoms with Crippen molar-refractivity contribution in [1.29, 1.82) is 0 Å². The lowest BCUT2D eigenvalue weighted by Crippen LogP contribution is -2.28. The maximum atomic E-state index is 11.8. The first-order chi connectivity index (χ1) is 14.8. The number of nitrogens with one attached hydrogen (secondary N) is 1. The molecule has 0 aliphatic rings. The number of benzene rings is 2. The average Bonchev–Trinajstić information content (AvgIpc) is 3.08. The van der Waals surface area contributed by atoms with Gasteiger partial charge < -0.3 is 14.6 Å². The highest BCUT2D eigenvalue weighted by Gasteiger charge is 2.14. The molecule has 1 N–H and O–H groups in total. The third-order valence-electron chi connectivity index (χ3n) is 5.44. The zero-order valence-corrected chi connectivity index (χ0v) is 19.4. The van der Waals surface area contributed by atoms with E-state index in [4.69, 9.17) is 9.72 Å². The molecule has 1 amide bonds. The van der Waals surface area contributed by atoms with Crippen LogP contribution in [-0.4, -0.2) is 28.6 Å². The standard InChI is InChI=1S/C26H35N3O2/c1-19(2)25(30)27-16-8-11-24-28-22-9-6-7-10-23(22)29(24)17-18-31-21-14-12-20(13-15-21)26(3,4)5/h6-7,9-10,12-15,19H,8,11,16-18H2,1-5H3,(H,27,30). The number of aryl methyl sites for hydroxylation is 1. The van der Waals surface area contributed by atoms with E-state index in [2.05, 4.69) is 48.9 Å². The van der Waals surface area contributed by atoms with Crippen molar-refractivity contribution in [3.05, 3.63) is 59.9 Å². The van der Waals surface area contributed by atoms with E-state index >= 15 is 0 Å². The summed E-state index contributed by atoms with van der Waals surface area (Å²) in [6.07, 6.45) is 1.67. The number of aromatic nitrogens is 2. The molecule has 31 heavy (non-hydrogen) atoms. The second kappa shape index (κ2) is 9.99. The van der Waals surface area contributed by atoms with Gasteiger partial charge in [0.25, 0.3) is 0 Å². The zero-order valence-electron chi connectivity index (χ0n) is 19.4. The monoisotopic (exact) mass is 421 g/mol. The number of fused-ring (bicyclic) bond motifs is 1. The summed E-state index contributed by atoms with van der Waals surface area (Å²) in [5.74, 6) is 2.03. The van der Waals surface area contributed by atoms with Gasteiger partial charge in [0, 0.05) is 18.9 Å². The van der Waals surface area contributed by atoms with Gasteiger partial charge in [-0.05, 0) is 41.7 Å². The molecule has 0 bridgehead atoms. The minimum absolute atomic E-state index is 0.0131. The lowest BCUT2D eigenvalue weighted by molar-refractivity contribution is -0.123. The Kier molecular flexibility index (Phi) is 7.37. The lowest BCUT2D eigenvalue weighted by Gasteiger charge is -2.19. The van der Waals surface area contributed by atoms with Crippen LogP contribution in [0.3, 0.4) is 0 Å². The summed E-state index contributed by atoms with van der Waals surface area (Å²) in [5.41, 5.74) is 3.55. The van der Waals surface area contributed by atoms with Gasteiger partial charge in [0.1, 0.15) is 18.2 Å².